The third kappa shape index (κ3) is 5.83. The molecule has 0 N–H and O–H groups in total. The van der Waals surface area contributed by atoms with Gasteiger partial charge in [-0.3, -0.25) is 0 Å². The molecule has 8 aromatic carbocycles. The first kappa shape index (κ1) is 28.3. The lowest BCUT2D eigenvalue weighted by Crippen LogP contribution is -2.10. The van der Waals surface area contributed by atoms with Crippen molar-refractivity contribution in [3.8, 4) is 44.5 Å². The van der Waals surface area contributed by atoms with Crippen LogP contribution in [-0.2, 0) is 0 Å². The average molecular weight is 600 g/mol. The van der Waals surface area contributed by atoms with E-state index in [2.05, 4.69) is 205 Å². The highest BCUT2D eigenvalue weighted by Gasteiger charge is 2.16. The Bertz CT molecular complexity index is 2190. The summed E-state index contributed by atoms with van der Waals surface area (Å²) in [6.07, 6.45) is 0. The lowest BCUT2D eigenvalue weighted by Gasteiger charge is -2.27. The summed E-state index contributed by atoms with van der Waals surface area (Å²) in [6, 6.07) is 71.8. The van der Waals surface area contributed by atoms with E-state index in [-0.39, 0.29) is 0 Å². The van der Waals surface area contributed by atoms with Crippen molar-refractivity contribution in [1.82, 2.24) is 0 Å². The summed E-state index contributed by atoms with van der Waals surface area (Å²) >= 11 is 0. The second-order valence-corrected chi connectivity index (χ2v) is 11.8. The summed E-state index contributed by atoms with van der Waals surface area (Å²) in [5.74, 6) is 0. The quantitative estimate of drug-likeness (QED) is 0.176. The van der Waals surface area contributed by atoms with E-state index in [4.69, 9.17) is 0 Å². The van der Waals surface area contributed by atoms with E-state index >= 15 is 0 Å². The number of rotatable bonds is 7. The minimum Gasteiger partial charge on any atom is -0.310 e. The number of fused-ring (bicyclic) bond motifs is 1. The highest BCUT2D eigenvalue weighted by molar-refractivity contribution is 6.00. The summed E-state index contributed by atoms with van der Waals surface area (Å²) in [6.45, 7) is 0. The first-order valence-electron chi connectivity index (χ1n) is 16.1. The number of anilines is 3. The van der Waals surface area contributed by atoms with Gasteiger partial charge in [-0.15, -0.1) is 0 Å². The molecule has 0 heterocycles. The summed E-state index contributed by atoms with van der Waals surface area (Å²) in [5, 5.41) is 2.49. The maximum atomic E-state index is 2.36. The van der Waals surface area contributed by atoms with E-state index in [0.717, 1.165) is 17.1 Å². The molecular weight excluding hydrogens is 567 g/mol. The molecule has 0 atom stereocenters. The van der Waals surface area contributed by atoms with Gasteiger partial charge >= 0.3 is 0 Å². The fourth-order valence-electron chi connectivity index (χ4n) is 6.49. The Morgan fingerprint density at radius 2 is 0.723 bits per heavy atom. The third-order valence-corrected chi connectivity index (χ3v) is 8.83. The van der Waals surface area contributed by atoms with Crippen LogP contribution in [0.2, 0.25) is 0 Å². The molecule has 0 fully saturated rings. The highest BCUT2D eigenvalue weighted by Crippen LogP contribution is 2.40. The average Bonchev–Trinajstić information content (AvgIpc) is 3.16. The normalized spacial score (nSPS) is 11.0. The van der Waals surface area contributed by atoms with Gasteiger partial charge in [0.15, 0.2) is 0 Å². The van der Waals surface area contributed by atoms with Gasteiger partial charge in [-0.05, 0) is 104 Å². The second kappa shape index (κ2) is 12.7. The molecule has 222 valence electrons. The van der Waals surface area contributed by atoms with Crippen LogP contribution in [0.15, 0.2) is 200 Å². The molecule has 0 bridgehead atoms. The molecule has 0 amide bonds. The molecule has 8 rings (SSSR count). The largest absolute Gasteiger partial charge is 0.310 e. The molecule has 0 saturated carbocycles. The molecule has 0 spiro atoms. The molecule has 0 aliphatic rings. The van der Waals surface area contributed by atoms with E-state index < -0.39 is 0 Å². The Labute approximate surface area is 276 Å². The zero-order valence-corrected chi connectivity index (χ0v) is 26.0. The highest BCUT2D eigenvalue weighted by atomic mass is 15.1. The van der Waals surface area contributed by atoms with Crippen LogP contribution in [0, 0.1) is 0 Å². The van der Waals surface area contributed by atoms with Crippen LogP contribution in [0.4, 0.5) is 17.1 Å². The smallest absolute Gasteiger partial charge is 0.0467 e. The summed E-state index contributed by atoms with van der Waals surface area (Å²) in [5.41, 5.74) is 13.0. The van der Waals surface area contributed by atoms with E-state index in [1.807, 2.05) is 0 Å². The predicted molar refractivity (Wildman–Crippen MR) is 200 cm³/mol. The lowest BCUT2D eigenvalue weighted by atomic mass is 9.93. The second-order valence-electron chi connectivity index (χ2n) is 11.8. The number of nitrogens with zero attached hydrogens (tertiary/aromatic N) is 1. The summed E-state index contributed by atoms with van der Waals surface area (Å²) < 4.78 is 0. The van der Waals surface area contributed by atoms with Gasteiger partial charge < -0.3 is 4.90 Å². The van der Waals surface area contributed by atoms with Crippen LogP contribution in [0.5, 0.6) is 0 Å². The molecular formula is C46H33N. The van der Waals surface area contributed by atoms with Crippen molar-refractivity contribution < 1.29 is 0 Å². The van der Waals surface area contributed by atoms with Crippen LogP contribution in [0.1, 0.15) is 0 Å². The van der Waals surface area contributed by atoms with Gasteiger partial charge in [0.2, 0.25) is 0 Å². The van der Waals surface area contributed by atoms with Crippen molar-refractivity contribution in [3.05, 3.63) is 200 Å². The molecule has 0 unspecified atom stereocenters. The van der Waals surface area contributed by atoms with E-state index in [9.17, 15) is 0 Å². The van der Waals surface area contributed by atoms with Crippen molar-refractivity contribution in [2.45, 2.75) is 0 Å². The maximum Gasteiger partial charge on any atom is 0.0467 e. The topological polar surface area (TPSA) is 3.24 Å². The number of hydrogen-bond donors (Lipinski definition) is 0. The van der Waals surface area contributed by atoms with E-state index in [1.165, 1.54) is 55.3 Å². The van der Waals surface area contributed by atoms with Crippen LogP contribution < -0.4 is 4.90 Å². The molecule has 0 aromatic heterocycles. The summed E-state index contributed by atoms with van der Waals surface area (Å²) in [7, 11) is 0. The molecule has 0 radical (unpaired) electrons. The molecule has 0 aliphatic heterocycles. The van der Waals surface area contributed by atoms with Gasteiger partial charge in [0.05, 0.1) is 0 Å². The zero-order valence-electron chi connectivity index (χ0n) is 26.0. The Balaban J connectivity index is 1.25. The van der Waals surface area contributed by atoms with Crippen LogP contribution in [0.3, 0.4) is 0 Å². The minimum atomic E-state index is 1.10. The fraction of sp³-hybridized carbons (Fsp3) is 0. The maximum absolute atomic E-state index is 2.36. The first-order chi connectivity index (χ1) is 23.3. The van der Waals surface area contributed by atoms with Crippen molar-refractivity contribution in [1.29, 1.82) is 0 Å². The molecule has 47 heavy (non-hydrogen) atoms. The predicted octanol–water partition coefficient (Wildman–Crippen LogP) is 13.0. The van der Waals surface area contributed by atoms with Gasteiger partial charge in [-0.2, -0.15) is 0 Å². The first-order valence-corrected chi connectivity index (χ1v) is 16.1. The number of benzene rings is 8. The standard InChI is InChI=1S/C46H33N/c1-4-14-34(15-5-1)38-21-12-23-43(31-38)47(44-24-13-22-39(32-44)35-16-6-2-7-17-35)42-28-26-37(27-29-42)46-33-41(36-18-8-3-9-19-36)30-40-20-10-11-25-45(40)46/h1-33H. The van der Waals surface area contributed by atoms with Gasteiger partial charge in [-0.25, -0.2) is 0 Å². The van der Waals surface area contributed by atoms with Crippen LogP contribution in [-0.4, -0.2) is 0 Å². The minimum absolute atomic E-state index is 1.10. The molecule has 0 aliphatic carbocycles. The Kier molecular flexibility index (Phi) is 7.63. The Morgan fingerprint density at radius 1 is 0.255 bits per heavy atom. The Hall–Kier alpha value is -6.18. The van der Waals surface area contributed by atoms with Crippen LogP contribution >= 0.6 is 0 Å². The van der Waals surface area contributed by atoms with Gasteiger partial charge in [-0.1, -0.05) is 152 Å². The van der Waals surface area contributed by atoms with Crippen molar-refractivity contribution in [3.63, 3.8) is 0 Å². The van der Waals surface area contributed by atoms with Gasteiger partial charge in [0.25, 0.3) is 0 Å². The van der Waals surface area contributed by atoms with Gasteiger partial charge in [0, 0.05) is 17.1 Å². The summed E-state index contributed by atoms with van der Waals surface area (Å²) in [4.78, 5) is 2.36. The van der Waals surface area contributed by atoms with Crippen molar-refractivity contribution in [2.75, 3.05) is 4.90 Å². The lowest BCUT2D eigenvalue weighted by molar-refractivity contribution is 1.28. The zero-order chi connectivity index (χ0) is 31.4. The van der Waals surface area contributed by atoms with Gasteiger partial charge in [0.1, 0.15) is 0 Å². The number of hydrogen-bond acceptors (Lipinski definition) is 1. The third-order valence-electron chi connectivity index (χ3n) is 8.83. The molecule has 1 heteroatoms. The van der Waals surface area contributed by atoms with E-state index in [1.54, 1.807) is 0 Å². The SMILES string of the molecule is c1ccc(-c2cccc(N(c3ccc(-c4cc(-c5ccccc5)cc5ccccc45)cc3)c3cccc(-c4ccccc4)c3)c2)cc1. The fourth-order valence-corrected chi connectivity index (χ4v) is 6.49. The van der Waals surface area contributed by atoms with E-state index in [0.29, 0.717) is 0 Å². The molecule has 8 aromatic rings. The molecule has 1 nitrogen and oxygen atoms in total. The van der Waals surface area contributed by atoms with Crippen molar-refractivity contribution >= 4 is 27.8 Å². The molecule has 0 saturated heterocycles. The Morgan fingerprint density at radius 3 is 1.28 bits per heavy atom. The van der Waals surface area contributed by atoms with Crippen molar-refractivity contribution in [2.24, 2.45) is 0 Å². The van der Waals surface area contributed by atoms with Crippen LogP contribution in [0.25, 0.3) is 55.3 Å². The monoisotopic (exact) mass is 599 g/mol.